The van der Waals surface area contributed by atoms with Crippen LogP contribution in [0.1, 0.15) is 29.2 Å². The van der Waals surface area contributed by atoms with Crippen LogP contribution in [0.15, 0.2) is 47.3 Å². The first kappa shape index (κ1) is 18.2. The van der Waals surface area contributed by atoms with Crippen LogP contribution in [0.25, 0.3) is 10.9 Å². The number of halogens is 1. The molecule has 5 heteroatoms. The number of aromatic nitrogens is 1. The third kappa shape index (κ3) is 3.81. The van der Waals surface area contributed by atoms with Crippen LogP contribution >= 0.6 is 11.6 Å². The lowest BCUT2D eigenvalue weighted by atomic mass is 10.0. The third-order valence-corrected chi connectivity index (χ3v) is 4.87. The quantitative estimate of drug-likeness (QED) is 0.744. The molecule has 3 aromatic rings. The molecule has 0 unspecified atom stereocenters. The average molecular weight is 369 g/mol. The lowest BCUT2D eigenvalue weighted by molar-refractivity contribution is -0.130. The molecule has 0 bridgehead atoms. The lowest BCUT2D eigenvalue weighted by Gasteiger charge is -2.21. The number of fused-ring (bicyclic) bond motifs is 1. The van der Waals surface area contributed by atoms with Crippen molar-refractivity contribution >= 4 is 28.4 Å². The van der Waals surface area contributed by atoms with E-state index in [-0.39, 0.29) is 18.0 Å². The number of H-pyrrole nitrogens is 1. The Kier molecular flexibility index (Phi) is 5.14. The Labute approximate surface area is 157 Å². The molecule has 0 saturated heterocycles. The molecule has 1 heterocycles. The van der Waals surface area contributed by atoms with Crippen LogP contribution in [-0.2, 0) is 17.9 Å². The number of carbonyl (C=O) groups excluding carboxylic acids is 1. The van der Waals surface area contributed by atoms with Crippen LogP contribution < -0.4 is 5.56 Å². The largest absolute Gasteiger partial charge is 0.334 e. The van der Waals surface area contributed by atoms with Crippen molar-refractivity contribution in [3.63, 3.8) is 0 Å². The van der Waals surface area contributed by atoms with Gasteiger partial charge in [-0.3, -0.25) is 9.59 Å². The van der Waals surface area contributed by atoms with Gasteiger partial charge in [-0.2, -0.15) is 0 Å². The molecular weight excluding hydrogens is 348 g/mol. The second-order valence-electron chi connectivity index (χ2n) is 6.61. The summed E-state index contributed by atoms with van der Waals surface area (Å²) >= 11 is 5.92. The van der Waals surface area contributed by atoms with Crippen LogP contribution in [0, 0.1) is 13.8 Å². The minimum atomic E-state index is -0.159. The zero-order chi connectivity index (χ0) is 18.8. The first-order chi connectivity index (χ1) is 12.3. The highest BCUT2D eigenvalue weighted by Crippen LogP contribution is 2.20. The van der Waals surface area contributed by atoms with E-state index in [1.807, 2.05) is 44.2 Å². The number of pyridine rings is 1. The summed E-state index contributed by atoms with van der Waals surface area (Å²) in [5, 5.41) is 1.66. The molecule has 0 fully saturated rings. The summed E-state index contributed by atoms with van der Waals surface area (Å²) in [6, 6.07) is 13.3. The van der Waals surface area contributed by atoms with Gasteiger partial charge in [0, 0.05) is 29.4 Å². The molecule has 2 aromatic carbocycles. The standard InChI is InChI=1S/C21H21ClN2O2/c1-13-4-5-14(2)20-19(13)10-17(21(26)23-20)12-24(15(3)25)11-16-6-8-18(22)9-7-16/h4-10H,11-12H2,1-3H3,(H,23,26). The molecule has 26 heavy (non-hydrogen) atoms. The first-order valence-corrected chi connectivity index (χ1v) is 8.85. The average Bonchev–Trinajstić information content (AvgIpc) is 2.60. The van der Waals surface area contributed by atoms with Crippen molar-refractivity contribution in [3.8, 4) is 0 Å². The van der Waals surface area contributed by atoms with Crippen molar-refractivity contribution in [3.05, 3.63) is 80.1 Å². The molecule has 0 aliphatic rings. The fraction of sp³-hybridized carbons (Fsp3) is 0.238. The Morgan fingerprint density at radius 1 is 1.04 bits per heavy atom. The van der Waals surface area contributed by atoms with Crippen LogP contribution in [0.3, 0.4) is 0 Å². The maximum absolute atomic E-state index is 12.5. The SMILES string of the molecule is CC(=O)N(Cc1ccc(Cl)cc1)Cc1cc2c(C)ccc(C)c2[nH]c1=O. The molecule has 0 aliphatic carbocycles. The monoisotopic (exact) mass is 368 g/mol. The molecule has 134 valence electrons. The van der Waals surface area contributed by atoms with Gasteiger partial charge in [0.15, 0.2) is 0 Å². The molecule has 0 spiro atoms. The molecule has 1 N–H and O–H groups in total. The zero-order valence-electron chi connectivity index (χ0n) is 15.1. The second kappa shape index (κ2) is 7.34. The fourth-order valence-corrected chi connectivity index (χ4v) is 3.16. The maximum atomic E-state index is 12.5. The summed E-state index contributed by atoms with van der Waals surface area (Å²) in [4.78, 5) is 29.3. The highest BCUT2D eigenvalue weighted by molar-refractivity contribution is 6.30. The highest BCUT2D eigenvalue weighted by atomic mass is 35.5. The molecule has 0 saturated carbocycles. The van der Waals surface area contributed by atoms with Crippen LogP contribution in [-0.4, -0.2) is 15.8 Å². The molecule has 1 aromatic heterocycles. The van der Waals surface area contributed by atoms with E-state index in [2.05, 4.69) is 4.98 Å². The predicted octanol–water partition coefficient (Wildman–Crippen LogP) is 4.35. The number of carbonyl (C=O) groups is 1. The molecule has 1 amide bonds. The van der Waals surface area contributed by atoms with E-state index in [1.165, 1.54) is 6.92 Å². The van der Waals surface area contributed by atoms with Crippen LogP contribution in [0.4, 0.5) is 0 Å². The van der Waals surface area contributed by atoms with E-state index >= 15 is 0 Å². The van der Waals surface area contributed by atoms with E-state index in [1.54, 1.807) is 17.0 Å². The van der Waals surface area contributed by atoms with Gasteiger partial charge < -0.3 is 9.88 Å². The third-order valence-electron chi connectivity index (χ3n) is 4.61. The molecule has 3 rings (SSSR count). The number of hydrogen-bond donors (Lipinski definition) is 1. The minimum absolute atomic E-state index is 0.0830. The van der Waals surface area contributed by atoms with Gasteiger partial charge in [-0.05, 0) is 48.7 Å². The zero-order valence-corrected chi connectivity index (χ0v) is 15.9. The molecule has 0 aliphatic heterocycles. The van der Waals surface area contributed by atoms with Gasteiger partial charge in [0.1, 0.15) is 0 Å². The summed E-state index contributed by atoms with van der Waals surface area (Å²) in [7, 11) is 0. The Morgan fingerprint density at radius 2 is 1.69 bits per heavy atom. The maximum Gasteiger partial charge on any atom is 0.253 e. The highest BCUT2D eigenvalue weighted by Gasteiger charge is 2.14. The molecule has 0 atom stereocenters. The number of aromatic amines is 1. The van der Waals surface area contributed by atoms with Gasteiger partial charge in [0.2, 0.25) is 5.91 Å². The van der Waals surface area contributed by atoms with Gasteiger partial charge >= 0.3 is 0 Å². The number of nitrogens with one attached hydrogen (secondary N) is 1. The van der Waals surface area contributed by atoms with Gasteiger partial charge in [0.05, 0.1) is 12.1 Å². The summed E-state index contributed by atoms with van der Waals surface area (Å²) in [5.74, 6) is -0.0830. The molecule has 4 nitrogen and oxygen atoms in total. The van der Waals surface area contributed by atoms with Crippen molar-refractivity contribution in [2.45, 2.75) is 33.9 Å². The first-order valence-electron chi connectivity index (χ1n) is 8.47. The van der Waals surface area contributed by atoms with Crippen LogP contribution in [0.2, 0.25) is 5.02 Å². The van der Waals surface area contributed by atoms with E-state index in [9.17, 15) is 9.59 Å². The summed E-state index contributed by atoms with van der Waals surface area (Å²) in [6.45, 7) is 6.19. The number of hydrogen-bond acceptors (Lipinski definition) is 2. The van der Waals surface area contributed by atoms with Gasteiger partial charge in [0.25, 0.3) is 5.56 Å². The second-order valence-corrected chi connectivity index (χ2v) is 7.05. The van der Waals surface area contributed by atoms with Crippen molar-refractivity contribution in [2.75, 3.05) is 0 Å². The molecular formula is C21H21ClN2O2. The van der Waals surface area contributed by atoms with E-state index in [0.29, 0.717) is 17.1 Å². The number of amides is 1. The van der Waals surface area contributed by atoms with Gasteiger partial charge in [-0.1, -0.05) is 35.9 Å². The topological polar surface area (TPSA) is 53.2 Å². The van der Waals surface area contributed by atoms with E-state index in [4.69, 9.17) is 11.6 Å². The summed E-state index contributed by atoms with van der Waals surface area (Å²) in [6.07, 6.45) is 0. The predicted molar refractivity (Wildman–Crippen MR) is 105 cm³/mol. The minimum Gasteiger partial charge on any atom is -0.334 e. The van der Waals surface area contributed by atoms with E-state index < -0.39 is 0 Å². The number of aryl methyl sites for hydroxylation is 2. The fourth-order valence-electron chi connectivity index (χ4n) is 3.03. The Hall–Kier alpha value is -2.59. The smallest absolute Gasteiger partial charge is 0.253 e. The Balaban J connectivity index is 1.95. The Morgan fingerprint density at radius 3 is 2.35 bits per heavy atom. The Bertz CT molecular complexity index is 1020. The number of benzene rings is 2. The normalized spacial score (nSPS) is 10.9. The van der Waals surface area contributed by atoms with Gasteiger partial charge in [-0.15, -0.1) is 0 Å². The summed E-state index contributed by atoms with van der Waals surface area (Å²) < 4.78 is 0. The number of rotatable bonds is 4. The van der Waals surface area contributed by atoms with Gasteiger partial charge in [-0.25, -0.2) is 0 Å². The van der Waals surface area contributed by atoms with E-state index in [0.717, 1.165) is 27.6 Å². The van der Waals surface area contributed by atoms with Crippen molar-refractivity contribution in [1.82, 2.24) is 9.88 Å². The van der Waals surface area contributed by atoms with Crippen molar-refractivity contribution < 1.29 is 4.79 Å². The van der Waals surface area contributed by atoms with Crippen molar-refractivity contribution in [2.24, 2.45) is 0 Å². The summed E-state index contributed by atoms with van der Waals surface area (Å²) in [5.41, 5.74) is 4.36. The van der Waals surface area contributed by atoms with Crippen molar-refractivity contribution in [1.29, 1.82) is 0 Å². The molecule has 0 radical (unpaired) electrons. The van der Waals surface area contributed by atoms with Crippen LogP contribution in [0.5, 0.6) is 0 Å². The number of nitrogens with zero attached hydrogens (tertiary/aromatic N) is 1. The lowest BCUT2D eigenvalue weighted by Crippen LogP contribution is -2.30.